The standard InChI is InChI=1S/C14H22O4/c1-2-13-5-3-4-6-14(13)18-12-11-17-10-9-16-8-7-15/h3-6,15H,2,7-12H2,1H3. The lowest BCUT2D eigenvalue weighted by Gasteiger charge is -2.10. The van der Waals surface area contributed by atoms with Crippen LogP contribution in [0.5, 0.6) is 5.75 Å². The molecular weight excluding hydrogens is 232 g/mol. The molecular formula is C14H22O4. The SMILES string of the molecule is CCc1ccccc1OCCOCCOCCO. The van der Waals surface area contributed by atoms with E-state index in [0.717, 1.165) is 12.2 Å². The topological polar surface area (TPSA) is 47.9 Å². The lowest BCUT2D eigenvalue weighted by molar-refractivity contribution is 0.0246. The fraction of sp³-hybridized carbons (Fsp3) is 0.571. The molecule has 0 radical (unpaired) electrons. The predicted molar refractivity (Wildman–Crippen MR) is 70.0 cm³/mol. The van der Waals surface area contributed by atoms with Crippen molar-refractivity contribution in [2.75, 3.05) is 39.6 Å². The van der Waals surface area contributed by atoms with Crippen molar-refractivity contribution in [3.05, 3.63) is 29.8 Å². The monoisotopic (exact) mass is 254 g/mol. The first-order valence-corrected chi connectivity index (χ1v) is 6.35. The molecule has 4 nitrogen and oxygen atoms in total. The molecule has 0 amide bonds. The van der Waals surface area contributed by atoms with Gasteiger partial charge in [0.15, 0.2) is 0 Å². The van der Waals surface area contributed by atoms with Crippen molar-refractivity contribution in [3.63, 3.8) is 0 Å². The molecule has 18 heavy (non-hydrogen) atoms. The Balaban J connectivity index is 2.07. The summed E-state index contributed by atoms with van der Waals surface area (Å²) < 4.78 is 16.1. The molecule has 0 aliphatic rings. The minimum atomic E-state index is 0.0525. The summed E-state index contributed by atoms with van der Waals surface area (Å²) in [5.41, 5.74) is 1.21. The van der Waals surface area contributed by atoms with Gasteiger partial charge in [0.1, 0.15) is 12.4 Å². The number of benzene rings is 1. The summed E-state index contributed by atoms with van der Waals surface area (Å²) in [7, 11) is 0. The zero-order valence-electron chi connectivity index (χ0n) is 10.9. The zero-order valence-corrected chi connectivity index (χ0v) is 10.9. The summed E-state index contributed by atoms with van der Waals surface area (Å²) in [6.07, 6.45) is 0.964. The van der Waals surface area contributed by atoms with E-state index in [2.05, 4.69) is 13.0 Å². The molecule has 0 atom stereocenters. The maximum atomic E-state index is 8.50. The van der Waals surface area contributed by atoms with Gasteiger partial charge in [-0.1, -0.05) is 25.1 Å². The summed E-state index contributed by atoms with van der Waals surface area (Å²) in [6.45, 7) is 4.64. The summed E-state index contributed by atoms with van der Waals surface area (Å²) in [5.74, 6) is 0.931. The van der Waals surface area contributed by atoms with Gasteiger partial charge in [0, 0.05) is 0 Å². The molecule has 0 aliphatic heterocycles. The van der Waals surface area contributed by atoms with Crippen LogP contribution in [-0.2, 0) is 15.9 Å². The van der Waals surface area contributed by atoms with Crippen molar-refractivity contribution in [1.82, 2.24) is 0 Å². The number of aliphatic hydroxyl groups is 1. The second-order valence-corrected chi connectivity index (χ2v) is 3.76. The van der Waals surface area contributed by atoms with Crippen molar-refractivity contribution in [3.8, 4) is 5.75 Å². The van der Waals surface area contributed by atoms with Gasteiger partial charge in [-0.15, -0.1) is 0 Å². The van der Waals surface area contributed by atoms with Gasteiger partial charge in [0.05, 0.1) is 33.0 Å². The highest BCUT2D eigenvalue weighted by Gasteiger charge is 1.99. The minimum absolute atomic E-state index is 0.0525. The van der Waals surface area contributed by atoms with Crippen molar-refractivity contribution < 1.29 is 19.3 Å². The van der Waals surface area contributed by atoms with Crippen LogP contribution in [0.3, 0.4) is 0 Å². The molecule has 0 heterocycles. The fourth-order valence-corrected chi connectivity index (χ4v) is 1.53. The van der Waals surface area contributed by atoms with Crippen LogP contribution in [0.15, 0.2) is 24.3 Å². The van der Waals surface area contributed by atoms with Crippen LogP contribution in [0.1, 0.15) is 12.5 Å². The summed E-state index contributed by atoms with van der Waals surface area (Å²) >= 11 is 0. The van der Waals surface area contributed by atoms with E-state index in [1.54, 1.807) is 0 Å². The Labute approximate surface area is 108 Å². The Morgan fingerprint density at radius 2 is 1.61 bits per heavy atom. The van der Waals surface area contributed by atoms with Gasteiger partial charge >= 0.3 is 0 Å². The van der Waals surface area contributed by atoms with E-state index in [1.165, 1.54) is 5.56 Å². The van der Waals surface area contributed by atoms with Gasteiger partial charge in [-0.05, 0) is 18.1 Å². The molecule has 1 rings (SSSR count). The summed E-state index contributed by atoms with van der Waals surface area (Å²) in [6, 6.07) is 8.03. The summed E-state index contributed by atoms with van der Waals surface area (Å²) in [5, 5.41) is 8.50. The maximum Gasteiger partial charge on any atom is 0.122 e. The number of aryl methyl sites for hydroxylation is 1. The fourth-order valence-electron chi connectivity index (χ4n) is 1.53. The Bertz CT molecular complexity index is 314. The summed E-state index contributed by atoms with van der Waals surface area (Å²) in [4.78, 5) is 0. The van der Waals surface area contributed by atoms with E-state index in [0.29, 0.717) is 33.0 Å². The van der Waals surface area contributed by atoms with Crippen molar-refractivity contribution in [2.45, 2.75) is 13.3 Å². The third-order valence-corrected chi connectivity index (χ3v) is 2.45. The lowest BCUT2D eigenvalue weighted by Crippen LogP contribution is -2.12. The van der Waals surface area contributed by atoms with E-state index in [1.807, 2.05) is 18.2 Å². The van der Waals surface area contributed by atoms with E-state index < -0.39 is 0 Å². The zero-order chi connectivity index (χ0) is 13.1. The molecule has 0 aliphatic carbocycles. The maximum absolute atomic E-state index is 8.50. The molecule has 1 aromatic rings. The number of hydrogen-bond acceptors (Lipinski definition) is 4. The van der Waals surface area contributed by atoms with Gasteiger partial charge in [-0.2, -0.15) is 0 Å². The van der Waals surface area contributed by atoms with Gasteiger partial charge in [-0.25, -0.2) is 0 Å². The largest absolute Gasteiger partial charge is 0.491 e. The van der Waals surface area contributed by atoms with Crippen molar-refractivity contribution in [1.29, 1.82) is 0 Å². The normalized spacial score (nSPS) is 10.6. The number of rotatable bonds is 10. The lowest BCUT2D eigenvalue weighted by atomic mass is 10.1. The second kappa shape index (κ2) is 9.88. The van der Waals surface area contributed by atoms with Gasteiger partial charge in [-0.3, -0.25) is 0 Å². The van der Waals surface area contributed by atoms with Crippen LogP contribution < -0.4 is 4.74 Å². The first-order chi connectivity index (χ1) is 8.88. The molecule has 102 valence electrons. The smallest absolute Gasteiger partial charge is 0.122 e. The number of para-hydroxylation sites is 1. The first-order valence-electron chi connectivity index (χ1n) is 6.35. The molecule has 0 aromatic heterocycles. The molecule has 0 spiro atoms. The third-order valence-electron chi connectivity index (χ3n) is 2.45. The van der Waals surface area contributed by atoms with Crippen LogP contribution in [0.2, 0.25) is 0 Å². The van der Waals surface area contributed by atoms with E-state index in [-0.39, 0.29) is 6.61 Å². The van der Waals surface area contributed by atoms with E-state index in [9.17, 15) is 0 Å². The molecule has 0 fully saturated rings. The molecule has 0 bridgehead atoms. The highest BCUT2D eigenvalue weighted by molar-refractivity contribution is 5.33. The first kappa shape index (κ1) is 15.0. The van der Waals surface area contributed by atoms with Gasteiger partial charge < -0.3 is 19.3 Å². The number of aliphatic hydroxyl groups excluding tert-OH is 1. The van der Waals surface area contributed by atoms with Gasteiger partial charge in [0.25, 0.3) is 0 Å². The van der Waals surface area contributed by atoms with Crippen molar-refractivity contribution in [2.24, 2.45) is 0 Å². The molecule has 0 saturated carbocycles. The van der Waals surface area contributed by atoms with Crippen LogP contribution in [0, 0.1) is 0 Å². The molecule has 1 N–H and O–H groups in total. The van der Waals surface area contributed by atoms with Crippen LogP contribution in [0.25, 0.3) is 0 Å². The van der Waals surface area contributed by atoms with Crippen LogP contribution >= 0.6 is 0 Å². The Hall–Kier alpha value is -1.10. The van der Waals surface area contributed by atoms with E-state index >= 15 is 0 Å². The minimum Gasteiger partial charge on any atom is -0.491 e. The van der Waals surface area contributed by atoms with Gasteiger partial charge in [0.2, 0.25) is 0 Å². The Morgan fingerprint density at radius 1 is 0.944 bits per heavy atom. The average molecular weight is 254 g/mol. The molecule has 1 aromatic carbocycles. The molecule has 4 heteroatoms. The molecule has 0 saturated heterocycles. The highest BCUT2D eigenvalue weighted by atomic mass is 16.5. The highest BCUT2D eigenvalue weighted by Crippen LogP contribution is 2.17. The average Bonchev–Trinajstić information content (AvgIpc) is 2.42. The molecule has 0 unspecified atom stereocenters. The predicted octanol–water partition coefficient (Wildman–Crippen LogP) is 1.65. The second-order valence-electron chi connectivity index (χ2n) is 3.76. The van der Waals surface area contributed by atoms with Crippen LogP contribution in [0.4, 0.5) is 0 Å². The third kappa shape index (κ3) is 6.00. The Kier molecular flexibility index (Phi) is 8.21. The quantitative estimate of drug-likeness (QED) is 0.645. The van der Waals surface area contributed by atoms with Crippen molar-refractivity contribution >= 4 is 0 Å². The number of hydrogen-bond donors (Lipinski definition) is 1. The Morgan fingerprint density at radius 3 is 2.33 bits per heavy atom. The van der Waals surface area contributed by atoms with E-state index in [4.69, 9.17) is 19.3 Å². The van der Waals surface area contributed by atoms with Crippen LogP contribution in [-0.4, -0.2) is 44.7 Å². The number of ether oxygens (including phenoxy) is 3.